The number of nitrogens with one attached hydrogen (secondary N) is 1. The highest BCUT2D eigenvalue weighted by Crippen LogP contribution is 2.13. The van der Waals surface area contributed by atoms with Crippen molar-refractivity contribution in [2.45, 2.75) is 26.5 Å². The van der Waals surface area contributed by atoms with Crippen LogP contribution in [0, 0.1) is 12.7 Å². The van der Waals surface area contributed by atoms with Crippen molar-refractivity contribution in [3.8, 4) is 5.75 Å². The normalized spacial score (nSPS) is 11.8. The molecule has 1 N–H and O–H groups in total. The Labute approximate surface area is 123 Å². The molecular weight excluding hydrogens is 269 g/mol. The Hall–Kier alpha value is -2.36. The quantitative estimate of drug-likeness (QED) is 0.917. The SMILES string of the molecule is Cc1cccc(CNC(=O)C(C)Oc2ccc(F)cc2)c1. The molecule has 0 saturated heterocycles. The molecule has 0 spiro atoms. The van der Waals surface area contributed by atoms with E-state index in [2.05, 4.69) is 5.32 Å². The number of carbonyl (C=O) groups excluding carboxylic acids is 1. The zero-order valence-corrected chi connectivity index (χ0v) is 12.1. The van der Waals surface area contributed by atoms with Crippen molar-refractivity contribution < 1.29 is 13.9 Å². The van der Waals surface area contributed by atoms with Crippen molar-refractivity contribution in [2.75, 3.05) is 0 Å². The molecular formula is C17H18FNO2. The number of hydrogen-bond acceptors (Lipinski definition) is 2. The summed E-state index contributed by atoms with van der Waals surface area (Å²) in [7, 11) is 0. The Balaban J connectivity index is 1.86. The molecule has 2 aromatic carbocycles. The van der Waals surface area contributed by atoms with Gasteiger partial charge < -0.3 is 10.1 Å². The third-order valence-electron chi connectivity index (χ3n) is 3.04. The van der Waals surface area contributed by atoms with E-state index in [4.69, 9.17) is 4.74 Å². The Morgan fingerprint density at radius 1 is 1.24 bits per heavy atom. The summed E-state index contributed by atoms with van der Waals surface area (Å²) < 4.78 is 18.3. The summed E-state index contributed by atoms with van der Waals surface area (Å²) in [5, 5.41) is 2.82. The standard InChI is InChI=1S/C17H18FNO2/c1-12-4-3-5-14(10-12)11-19-17(20)13(2)21-16-8-6-15(18)7-9-16/h3-10,13H,11H2,1-2H3,(H,19,20). The summed E-state index contributed by atoms with van der Waals surface area (Å²) >= 11 is 0. The molecule has 0 aromatic heterocycles. The van der Waals surface area contributed by atoms with Crippen molar-refractivity contribution >= 4 is 5.91 Å². The third kappa shape index (κ3) is 4.60. The molecule has 0 saturated carbocycles. The van der Waals surface area contributed by atoms with Crippen LogP contribution in [-0.2, 0) is 11.3 Å². The third-order valence-corrected chi connectivity index (χ3v) is 3.04. The van der Waals surface area contributed by atoms with Crippen LogP contribution in [0.15, 0.2) is 48.5 Å². The van der Waals surface area contributed by atoms with Crippen LogP contribution in [0.4, 0.5) is 4.39 Å². The average molecular weight is 287 g/mol. The first kappa shape index (κ1) is 15.0. The van der Waals surface area contributed by atoms with Gasteiger partial charge in [0, 0.05) is 6.54 Å². The average Bonchev–Trinajstić information content (AvgIpc) is 2.47. The van der Waals surface area contributed by atoms with Crippen molar-refractivity contribution in [3.63, 3.8) is 0 Å². The lowest BCUT2D eigenvalue weighted by Gasteiger charge is -2.14. The van der Waals surface area contributed by atoms with Crippen molar-refractivity contribution in [1.82, 2.24) is 5.32 Å². The summed E-state index contributed by atoms with van der Waals surface area (Å²) in [5.74, 6) is -0.0747. The van der Waals surface area contributed by atoms with Gasteiger partial charge in [0.1, 0.15) is 11.6 Å². The van der Waals surface area contributed by atoms with Crippen LogP contribution >= 0.6 is 0 Å². The van der Waals surface area contributed by atoms with Gasteiger partial charge in [0.05, 0.1) is 0 Å². The first-order chi connectivity index (χ1) is 10.0. The summed E-state index contributed by atoms with van der Waals surface area (Å²) in [6.45, 7) is 4.12. The highest BCUT2D eigenvalue weighted by Gasteiger charge is 2.14. The van der Waals surface area contributed by atoms with Gasteiger partial charge in [-0.2, -0.15) is 0 Å². The predicted octanol–water partition coefficient (Wildman–Crippen LogP) is 3.22. The van der Waals surface area contributed by atoms with E-state index >= 15 is 0 Å². The number of aryl methyl sites for hydroxylation is 1. The highest BCUT2D eigenvalue weighted by atomic mass is 19.1. The maximum absolute atomic E-state index is 12.8. The van der Waals surface area contributed by atoms with E-state index in [1.807, 2.05) is 31.2 Å². The zero-order chi connectivity index (χ0) is 15.2. The fraction of sp³-hybridized carbons (Fsp3) is 0.235. The second kappa shape index (κ2) is 6.88. The lowest BCUT2D eigenvalue weighted by molar-refractivity contribution is -0.127. The van der Waals surface area contributed by atoms with Gasteiger partial charge in [0.2, 0.25) is 0 Å². The minimum absolute atomic E-state index is 0.208. The monoisotopic (exact) mass is 287 g/mol. The molecule has 2 aromatic rings. The fourth-order valence-corrected chi connectivity index (χ4v) is 1.93. The van der Waals surface area contributed by atoms with Gasteiger partial charge in [0.15, 0.2) is 6.10 Å². The molecule has 110 valence electrons. The minimum atomic E-state index is -0.639. The van der Waals surface area contributed by atoms with E-state index in [1.165, 1.54) is 24.3 Å². The van der Waals surface area contributed by atoms with Crippen molar-refractivity contribution in [2.24, 2.45) is 0 Å². The maximum Gasteiger partial charge on any atom is 0.261 e. The molecule has 1 unspecified atom stereocenters. The fourth-order valence-electron chi connectivity index (χ4n) is 1.93. The predicted molar refractivity (Wildman–Crippen MR) is 79.5 cm³/mol. The van der Waals surface area contributed by atoms with Crippen LogP contribution in [0.25, 0.3) is 0 Å². The molecule has 0 heterocycles. The molecule has 0 aliphatic carbocycles. The second-order valence-corrected chi connectivity index (χ2v) is 4.92. The largest absolute Gasteiger partial charge is 0.481 e. The molecule has 1 atom stereocenters. The van der Waals surface area contributed by atoms with Gasteiger partial charge in [-0.05, 0) is 43.7 Å². The van der Waals surface area contributed by atoms with Gasteiger partial charge >= 0.3 is 0 Å². The Morgan fingerprint density at radius 2 is 1.95 bits per heavy atom. The van der Waals surface area contributed by atoms with E-state index in [0.29, 0.717) is 12.3 Å². The van der Waals surface area contributed by atoms with E-state index in [0.717, 1.165) is 11.1 Å². The van der Waals surface area contributed by atoms with Gasteiger partial charge in [0.25, 0.3) is 5.91 Å². The second-order valence-electron chi connectivity index (χ2n) is 4.92. The number of rotatable bonds is 5. The topological polar surface area (TPSA) is 38.3 Å². The number of halogens is 1. The molecule has 0 bridgehead atoms. The number of carbonyl (C=O) groups is 1. The molecule has 0 aliphatic heterocycles. The Bertz CT molecular complexity index is 610. The van der Waals surface area contributed by atoms with Crippen molar-refractivity contribution in [1.29, 1.82) is 0 Å². The zero-order valence-electron chi connectivity index (χ0n) is 12.1. The highest BCUT2D eigenvalue weighted by molar-refractivity contribution is 5.80. The van der Waals surface area contributed by atoms with Crippen LogP contribution in [0.5, 0.6) is 5.75 Å². The first-order valence-corrected chi connectivity index (χ1v) is 6.80. The first-order valence-electron chi connectivity index (χ1n) is 6.80. The summed E-state index contributed by atoms with van der Waals surface area (Å²) in [6, 6.07) is 13.5. The Morgan fingerprint density at radius 3 is 2.62 bits per heavy atom. The molecule has 0 fully saturated rings. The lowest BCUT2D eigenvalue weighted by atomic mass is 10.1. The van der Waals surface area contributed by atoms with Gasteiger partial charge in [-0.25, -0.2) is 4.39 Å². The van der Waals surface area contributed by atoms with Crippen molar-refractivity contribution in [3.05, 3.63) is 65.5 Å². The Kier molecular flexibility index (Phi) is 4.93. The lowest BCUT2D eigenvalue weighted by Crippen LogP contribution is -2.35. The number of ether oxygens (including phenoxy) is 1. The smallest absolute Gasteiger partial charge is 0.261 e. The maximum atomic E-state index is 12.8. The molecule has 4 heteroatoms. The number of amides is 1. The minimum Gasteiger partial charge on any atom is -0.481 e. The van der Waals surface area contributed by atoms with E-state index in [-0.39, 0.29) is 11.7 Å². The van der Waals surface area contributed by atoms with Crippen LogP contribution in [0.3, 0.4) is 0 Å². The van der Waals surface area contributed by atoms with Crippen LogP contribution in [0.2, 0.25) is 0 Å². The van der Waals surface area contributed by atoms with Crippen LogP contribution in [0.1, 0.15) is 18.1 Å². The summed E-state index contributed by atoms with van der Waals surface area (Å²) in [5.41, 5.74) is 2.19. The molecule has 21 heavy (non-hydrogen) atoms. The van der Waals surface area contributed by atoms with E-state index in [1.54, 1.807) is 6.92 Å². The molecule has 0 aliphatic rings. The summed E-state index contributed by atoms with van der Waals surface area (Å²) in [4.78, 5) is 12.0. The molecule has 3 nitrogen and oxygen atoms in total. The van der Waals surface area contributed by atoms with Gasteiger partial charge in [-0.3, -0.25) is 4.79 Å². The molecule has 0 radical (unpaired) electrons. The van der Waals surface area contributed by atoms with Crippen LogP contribution < -0.4 is 10.1 Å². The molecule has 1 amide bonds. The van der Waals surface area contributed by atoms with Gasteiger partial charge in [-0.1, -0.05) is 29.8 Å². The van der Waals surface area contributed by atoms with E-state index in [9.17, 15) is 9.18 Å². The van der Waals surface area contributed by atoms with Crippen LogP contribution in [-0.4, -0.2) is 12.0 Å². The van der Waals surface area contributed by atoms with Gasteiger partial charge in [-0.15, -0.1) is 0 Å². The summed E-state index contributed by atoms with van der Waals surface area (Å²) in [6.07, 6.45) is -0.639. The number of hydrogen-bond donors (Lipinski definition) is 1. The van der Waals surface area contributed by atoms with E-state index < -0.39 is 6.10 Å². The number of benzene rings is 2. The molecule has 2 rings (SSSR count).